The maximum absolute atomic E-state index is 9.33. The molecule has 0 amide bonds. The summed E-state index contributed by atoms with van der Waals surface area (Å²) in [4.78, 5) is 2.24. The molecule has 1 unspecified atom stereocenters. The van der Waals surface area contributed by atoms with Crippen LogP contribution >= 0.6 is 0 Å². The summed E-state index contributed by atoms with van der Waals surface area (Å²) in [5.74, 6) is 0. The predicted octanol–water partition coefficient (Wildman–Crippen LogP) is -0.0436. The molecular formula is C9H18N2O. The van der Waals surface area contributed by atoms with Gasteiger partial charge in [-0.3, -0.25) is 4.90 Å². The Morgan fingerprint density at radius 2 is 2.50 bits per heavy atom. The molecule has 1 rings (SSSR count). The molecule has 2 atom stereocenters. The minimum Gasteiger partial charge on any atom is -0.390 e. The molecule has 1 fully saturated rings. The van der Waals surface area contributed by atoms with Crippen molar-refractivity contribution < 1.29 is 5.11 Å². The van der Waals surface area contributed by atoms with E-state index in [9.17, 15) is 5.11 Å². The van der Waals surface area contributed by atoms with Gasteiger partial charge in [0.1, 0.15) is 0 Å². The minimum absolute atomic E-state index is 0.348. The summed E-state index contributed by atoms with van der Waals surface area (Å²) in [7, 11) is 0. The van der Waals surface area contributed by atoms with Gasteiger partial charge in [-0.1, -0.05) is 6.08 Å². The number of β-amino-alcohol motifs (C(OH)–C–C–N with tert-alkyl or cyclic N) is 1. The van der Waals surface area contributed by atoms with Crippen LogP contribution in [0.1, 0.15) is 12.8 Å². The third-order valence-electron chi connectivity index (χ3n) is 2.40. The van der Waals surface area contributed by atoms with E-state index in [-0.39, 0.29) is 6.10 Å². The van der Waals surface area contributed by atoms with E-state index in [0.29, 0.717) is 19.1 Å². The number of hydrogen-bond acceptors (Lipinski definition) is 3. The quantitative estimate of drug-likeness (QED) is 0.582. The second-order valence-corrected chi connectivity index (χ2v) is 3.33. The summed E-state index contributed by atoms with van der Waals surface area (Å²) in [6.45, 7) is 5.87. The van der Waals surface area contributed by atoms with Gasteiger partial charge in [-0.25, -0.2) is 0 Å². The van der Waals surface area contributed by atoms with Crippen LogP contribution in [0.25, 0.3) is 0 Å². The van der Waals surface area contributed by atoms with Gasteiger partial charge in [0.15, 0.2) is 0 Å². The molecule has 0 aliphatic carbocycles. The number of rotatable bonds is 4. The lowest BCUT2D eigenvalue weighted by Gasteiger charge is -2.23. The molecule has 0 aromatic rings. The normalized spacial score (nSPS) is 27.3. The van der Waals surface area contributed by atoms with Gasteiger partial charge in [0.05, 0.1) is 6.10 Å². The van der Waals surface area contributed by atoms with Crippen LogP contribution in [0.15, 0.2) is 12.7 Å². The van der Waals surface area contributed by atoms with Crippen molar-refractivity contribution in [2.24, 2.45) is 5.73 Å². The van der Waals surface area contributed by atoms with Gasteiger partial charge in [0, 0.05) is 19.1 Å². The highest BCUT2D eigenvalue weighted by molar-refractivity contribution is 4.92. The van der Waals surface area contributed by atoms with E-state index in [1.54, 1.807) is 0 Å². The van der Waals surface area contributed by atoms with Crippen LogP contribution in [0, 0.1) is 0 Å². The second kappa shape index (κ2) is 4.60. The first kappa shape index (κ1) is 9.71. The zero-order valence-electron chi connectivity index (χ0n) is 7.45. The topological polar surface area (TPSA) is 49.5 Å². The van der Waals surface area contributed by atoms with Crippen LogP contribution < -0.4 is 5.73 Å². The van der Waals surface area contributed by atoms with Gasteiger partial charge in [-0.15, -0.1) is 6.58 Å². The van der Waals surface area contributed by atoms with Gasteiger partial charge in [-0.05, 0) is 19.4 Å². The Bertz CT molecular complexity index is 149. The standard InChI is InChI=1S/C9H18N2O/c1-2-8-4-3-5-11(8)7-9(12)6-10/h2,8-9,12H,1,3-7,10H2/t8?,9-/m0/s1. The lowest BCUT2D eigenvalue weighted by atomic mass is 10.2. The van der Waals surface area contributed by atoms with Crippen molar-refractivity contribution in [2.75, 3.05) is 19.6 Å². The zero-order chi connectivity index (χ0) is 8.97. The SMILES string of the molecule is C=CC1CCCN1C[C@@H](O)CN. The van der Waals surface area contributed by atoms with Gasteiger partial charge in [-0.2, -0.15) is 0 Å². The van der Waals surface area contributed by atoms with Gasteiger partial charge in [0.2, 0.25) is 0 Å². The van der Waals surface area contributed by atoms with Crippen LogP contribution in [-0.4, -0.2) is 41.8 Å². The van der Waals surface area contributed by atoms with Crippen molar-refractivity contribution >= 4 is 0 Å². The average Bonchev–Trinajstić information content (AvgIpc) is 2.51. The average molecular weight is 170 g/mol. The van der Waals surface area contributed by atoms with Crippen molar-refractivity contribution in [1.82, 2.24) is 4.90 Å². The predicted molar refractivity (Wildman–Crippen MR) is 49.9 cm³/mol. The Balaban J connectivity index is 2.35. The summed E-state index contributed by atoms with van der Waals surface area (Å²) < 4.78 is 0. The van der Waals surface area contributed by atoms with Gasteiger partial charge in [0.25, 0.3) is 0 Å². The third-order valence-corrected chi connectivity index (χ3v) is 2.40. The summed E-state index contributed by atoms with van der Waals surface area (Å²) in [6.07, 6.45) is 3.94. The Hall–Kier alpha value is -0.380. The Labute approximate surface area is 73.9 Å². The number of nitrogens with two attached hydrogens (primary N) is 1. The van der Waals surface area contributed by atoms with E-state index < -0.39 is 0 Å². The fraction of sp³-hybridized carbons (Fsp3) is 0.778. The largest absolute Gasteiger partial charge is 0.390 e. The molecule has 3 heteroatoms. The maximum atomic E-state index is 9.33. The smallest absolute Gasteiger partial charge is 0.0789 e. The Kier molecular flexibility index (Phi) is 3.72. The van der Waals surface area contributed by atoms with Gasteiger partial charge >= 0.3 is 0 Å². The molecular weight excluding hydrogens is 152 g/mol. The highest BCUT2D eigenvalue weighted by Crippen LogP contribution is 2.17. The highest BCUT2D eigenvalue weighted by Gasteiger charge is 2.22. The van der Waals surface area contributed by atoms with Crippen molar-refractivity contribution in [2.45, 2.75) is 25.0 Å². The number of aliphatic hydroxyl groups excluding tert-OH is 1. The van der Waals surface area contributed by atoms with E-state index in [1.165, 1.54) is 12.8 Å². The number of nitrogens with zero attached hydrogens (tertiary/aromatic N) is 1. The van der Waals surface area contributed by atoms with E-state index >= 15 is 0 Å². The third kappa shape index (κ3) is 2.30. The molecule has 0 radical (unpaired) electrons. The molecule has 3 N–H and O–H groups in total. The Morgan fingerprint density at radius 3 is 3.08 bits per heavy atom. The first-order valence-electron chi connectivity index (χ1n) is 4.52. The van der Waals surface area contributed by atoms with Gasteiger partial charge < -0.3 is 10.8 Å². The summed E-state index contributed by atoms with van der Waals surface area (Å²) in [6, 6.07) is 0.450. The zero-order valence-corrected chi connectivity index (χ0v) is 7.45. The van der Waals surface area contributed by atoms with Crippen molar-refractivity contribution in [1.29, 1.82) is 0 Å². The lowest BCUT2D eigenvalue weighted by Crippen LogP contribution is -2.38. The molecule has 70 valence electrons. The van der Waals surface area contributed by atoms with Crippen molar-refractivity contribution in [3.8, 4) is 0 Å². The monoisotopic (exact) mass is 170 g/mol. The van der Waals surface area contributed by atoms with Crippen molar-refractivity contribution in [3.05, 3.63) is 12.7 Å². The minimum atomic E-state index is -0.384. The molecule has 12 heavy (non-hydrogen) atoms. The molecule has 1 saturated heterocycles. The van der Waals surface area contributed by atoms with Crippen LogP contribution in [0.4, 0.5) is 0 Å². The number of aliphatic hydroxyl groups is 1. The molecule has 1 heterocycles. The molecule has 0 bridgehead atoms. The van der Waals surface area contributed by atoms with Crippen LogP contribution in [0.3, 0.4) is 0 Å². The maximum Gasteiger partial charge on any atom is 0.0789 e. The number of hydrogen-bond donors (Lipinski definition) is 2. The summed E-state index contributed by atoms with van der Waals surface area (Å²) >= 11 is 0. The summed E-state index contributed by atoms with van der Waals surface area (Å²) in [5.41, 5.74) is 5.33. The molecule has 3 nitrogen and oxygen atoms in total. The highest BCUT2D eigenvalue weighted by atomic mass is 16.3. The van der Waals surface area contributed by atoms with E-state index in [1.807, 2.05) is 6.08 Å². The molecule has 1 aliphatic heterocycles. The van der Waals surface area contributed by atoms with Crippen LogP contribution in [0.5, 0.6) is 0 Å². The second-order valence-electron chi connectivity index (χ2n) is 3.33. The van der Waals surface area contributed by atoms with Crippen LogP contribution in [0.2, 0.25) is 0 Å². The van der Waals surface area contributed by atoms with E-state index in [2.05, 4.69) is 11.5 Å². The number of likely N-dealkylation sites (tertiary alicyclic amines) is 1. The first-order valence-corrected chi connectivity index (χ1v) is 4.52. The summed E-state index contributed by atoms with van der Waals surface area (Å²) in [5, 5.41) is 9.33. The first-order chi connectivity index (χ1) is 5.77. The molecule has 0 saturated carbocycles. The Morgan fingerprint density at radius 1 is 1.75 bits per heavy atom. The van der Waals surface area contributed by atoms with E-state index in [0.717, 1.165) is 6.54 Å². The molecule has 0 spiro atoms. The van der Waals surface area contributed by atoms with Crippen molar-refractivity contribution in [3.63, 3.8) is 0 Å². The molecule has 0 aromatic carbocycles. The lowest BCUT2D eigenvalue weighted by molar-refractivity contribution is 0.121. The fourth-order valence-corrected chi connectivity index (χ4v) is 1.69. The molecule has 0 aromatic heterocycles. The van der Waals surface area contributed by atoms with E-state index in [4.69, 9.17) is 5.73 Å². The van der Waals surface area contributed by atoms with Crippen LogP contribution in [-0.2, 0) is 0 Å². The fourth-order valence-electron chi connectivity index (χ4n) is 1.69. The molecule has 1 aliphatic rings.